The van der Waals surface area contributed by atoms with Crippen LogP contribution in [0, 0.1) is 11.3 Å². The number of hydrogen-bond donors (Lipinski definition) is 0. The Kier molecular flexibility index (Phi) is 3.97. The average Bonchev–Trinajstić information content (AvgIpc) is 1.91. The van der Waals surface area contributed by atoms with Gasteiger partial charge in [-0.3, -0.25) is 9.98 Å². The first-order valence-electron chi connectivity index (χ1n) is 2.34. The number of nitrogens with zero attached hydrogens (tertiary/aromatic N) is 3. The molecule has 0 fully saturated rings. The molecule has 0 aromatic carbocycles. The summed E-state index contributed by atoms with van der Waals surface area (Å²) >= 11 is 0. The van der Waals surface area contributed by atoms with Gasteiger partial charge in [0.15, 0.2) is 0 Å². The molecule has 0 bridgehead atoms. The molecule has 46 valence electrons. The first-order chi connectivity index (χ1) is 4.35. The van der Waals surface area contributed by atoms with Gasteiger partial charge >= 0.3 is 0 Å². The van der Waals surface area contributed by atoms with Gasteiger partial charge < -0.3 is 0 Å². The van der Waals surface area contributed by atoms with Gasteiger partial charge in [-0.2, -0.15) is 5.26 Å². The van der Waals surface area contributed by atoms with Crippen LogP contribution in [0.4, 0.5) is 0 Å². The number of nitriles is 1. The van der Waals surface area contributed by atoms with Crippen LogP contribution in [0.15, 0.2) is 22.3 Å². The molecule has 0 N–H and O–H groups in total. The van der Waals surface area contributed by atoms with Gasteiger partial charge in [-0.15, -0.1) is 0 Å². The summed E-state index contributed by atoms with van der Waals surface area (Å²) < 4.78 is 0. The molecule has 0 aliphatic rings. The normalized spacial score (nSPS) is 11.3. The SMILES string of the molecule is C=N/C=C\C(C#N)=N/C. The highest BCUT2D eigenvalue weighted by Crippen LogP contribution is 1.78. The van der Waals surface area contributed by atoms with Crippen LogP contribution < -0.4 is 0 Å². The van der Waals surface area contributed by atoms with Crippen molar-refractivity contribution in [1.82, 2.24) is 0 Å². The molecule has 0 radical (unpaired) electrons. The summed E-state index contributed by atoms with van der Waals surface area (Å²) in [6.07, 6.45) is 2.92. The van der Waals surface area contributed by atoms with E-state index in [0.717, 1.165) is 0 Å². The lowest BCUT2D eigenvalue weighted by atomic mass is 10.4. The lowest BCUT2D eigenvalue weighted by Crippen LogP contribution is -1.84. The Bertz CT molecular complexity index is 183. The third-order valence-electron chi connectivity index (χ3n) is 0.693. The van der Waals surface area contributed by atoms with Gasteiger partial charge in [-0.1, -0.05) is 0 Å². The molecule has 3 nitrogen and oxygen atoms in total. The van der Waals surface area contributed by atoms with Crippen LogP contribution in [0.3, 0.4) is 0 Å². The second-order valence-corrected chi connectivity index (χ2v) is 1.22. The van der Waals surface area contributed by atoms with E-state index in [9.17, 15) is 0 Å². The second kappa shape index (κ2) is 4.72. The van der Waals surface area contributed by atoms with Crippen molar-refractivity contribution in [3.8, 4) is 6.07 Å². The Morgan fingerprint density at radius 1 is 1.78 bits per heavy atom. The maximum atomic E-state index is 8.26. The molecule has 0 rings (SSSR count). The predicted molar refractivity (Wildman–Crippen MR) is 37.7 cm³/mol. The zero-order chi connectivity index (χ0) is 7.11. The summed E-state index contributed by atoms with van der Waals surface area (Å²) in [5, 5.41) is 8.26. The minimum atomic E-state index is 0.349. The summed E-state index contributed by atoms with van der Waals surface area (Å²) in [5.74, 6) is 0. The van der Waals surface area contributed by atoms with Crippen LogP contribution in [0.5, 0.6) is 0 Å². The molecule has 0 unspecified atom stereocenters. The third kappa shape index (κ3) is 3.18. The summed E-state index contributed by atoms with van der Waals surface area (Å²) in [6.45, 7) is 3.20. The lowest BCUT2D eigenvalue weighted by Gasteiger charge is -1.78. The van der Waals surface area contributed by atoms with Crippen LogP contribution in [0.1, 0.15) is 0 Å². The first-order valence-corrected chi connectivity index (χ1v) is 2.34. The first kappa shape index (κ1) is 7.57. The molecule has 0 atom stereocenters. The van der Waals surface area contributed by atoms with Gasteiger partial charge in [0.1, 0.15) is 11.8 Å². The van der Waals surface area contributed by atoms with Crippen molar-refractivity contribution in [1.29, 1.82) is 5.26 Å². The topological polar surface area (TPSA) is 48.5 Å². The van der Waals surface area contributed by atoms with Crippen molar-refractivity contribution in [2.75, 3.05) is 7.05 Å². The molecule has 0 saturated carbocycles. The fourth-order valence-electron chi connectivity index (χ4n) is 0.285. The molecule has 0 heterocycles. The van der Waals surface area contributed by atoms with Gasteiger partial charge in [0.05, 0.1) is 0 Å². The second-order valence-electron chi connectivity index (χ2n) is 1.22. The highest BCUT2D eigenvalue weighted by Gasteiger charge is 1.82. The fourth-order valence-corrected chi connectivity index (χ4v) is 0.285. The molecule has 0 aliphatic carbocycles. The van der Waals surface area contributed by atoms with Crippen LogP contribution in [0.2, 0.25) is 0 Å². The van der Waals surface area contributed by atoms with E-state index in [-0.39, 0.29) is 0 Å². The zero-order valence-electron chi connectivity index (χ0n) is 5.20. The smallest absolute Gasteiger partial charge is 0.136 e. The zero-order valence-corrected chi connectivity index (χ0v) is 5.20. The molecule has 3 heteroatoms. The van der Waals surface area contributed by atoms with Crippen LogP contribution >= 0.6 is 0 Å². The van der Waals surface area contributed by atoms with Crippen LogP contribution in [-0.4, -0.2) is 19.5 Å². The Balaban J connectivity index is 4.05. The Morgan fingerprint density at radius 3 is 2.78 bits per heavy atom. The molecule has 0 amide bonds. The average molecular weight is 121 g/mol. The van der Waals surface area contributed by atoms with Crippen molar-refractivity contribution in [2.45, 2.75) is 0 Å². The van der Waals surface area contributed by atoms with Crippen molar-refractivity contribution >= 4 is 12.4 Å². The van der Waals surface area contributed by atoms with E-state index in [0.29, 0.717) is 5.71 Å². The van der Waals surface area contributed by atoms with Gasteiger partial charge in [0.25, 0.3) is 0 Å². The van der Waals surface area contributed by atoms with Gasteiger partial charge in [-0.25, -0.2) is 0 Å². The molecule has 0 aromatic heterocycles. The monoisotopic (exact) mass is 121 g/mol. The molecule has 0 aliphatic heterocycles. The van der Waals surface area contributed by atoms with Crippen molar-refractivity contribution in [2.24, 2.45) is 9.98 Å². The van der Waals surface area contributed by atoms with Crippen molar-refractivity contribution < 1.29 is 0 Å². The standard InChI is InChI=1S/C6H7N3/c1-8-4-3-6(5-7)9-2/h3-4H,1H2,2H3/b4-3-,9-6+. The Labute approximate surface area is 54.1 Å². The highest BCUT2D eigenvalue weighted by atomic mass is 14.7. The quantitative estimate of drug-likeness (QED) is 0.498. The minimum Gasteiger partial charge on any atom is -0.278 e. The third-order valence-corrected chi connectivity index (χ3v) is 0.693. The summed E-state index contributed by atoms with van der Waals surface area (Å²) in [7, 11) is 1.55. The predicted octanol–water partition coefficient (Wildman–Crippen LogP) is 0.795. The van der Waals surface area contributed by atoms with Gasteiger partial charge in [-0.05, 0) is 12.8 Å². The van der Waals surface area contributed by atoms with E-state index >= 15 is 0 Å². The van der Waals surface area contributed by atoms with E-state index in [4.69, 9.17) is 5.26 Å². The summed E-state index contributed by atoms with van der Waals surface area (Å²) in [4.78, 5) is 7.03. The van der Waals surface area contributed by atoms with E-state index < -0.39 is 0 Å². The van der Waals surface area contributed by atoms with Crippen molar-refractivity contribution in [3.05, 3.63) is 12.3 Å². The Hall–Kier alpha value is -1.43. The minimum absolute atomic E-state index is 0.349. The molecule has 9 heavy (non-hydrogen) atoms. The fraction of sp³-hybridized carbons (Fsp3) is 0.167. The van der Waals surface area contributed by atoms with Gasteiger partial charge in [0, 0.05) is 13.2 Å². The molecule has 0 spiro atoms. The molecule has 0 aromatic rings. The highest BCUT2D eigenvalue weighted by molar-refractivity contribution is 6.06. The Morgan fingerprint density at radius 2 is 2.44 bits per heavy atom. The maximum Gasteiger partial charge on any atom is 0.136 e. The van der Waals surface area contributed by atoms with E-state index in [2.05, 4.69) is 16.7 Å². The largest absolute Gasteiger partial charge is 0.278 e. The molecular weight excluding hydrogens is 114 g/mol. The van der Waals surface area contributed by atoms with Crippen LogP contribution in [0.25, 0.3) is 0 Å². The maximum absolute atomic E-state index is 8.26. The lowest BCUT2D eigenvalue weighted by molar-refractivity contribution is 1.44. The van der Waals surface area contributed by atoms with E-state index in [1.807, 2.05) is 6.07 Å². The molecular formula is C6H7N3. The number of aliphatic imine (C=N–C) groups is 2. The number of hydrogen-bond acceptors (Lipinski definition) is 3. The summed E-state index contributed by atoms with van der Waals surface area (Å²) in [5.41, 5.74) is 0.349. The number of rotatable bonds is 2. The summed E-state index contributed by atoms with van der Waals surface area (Å²) in [6, 6.07) is 1.86. The van der Waals surface area contributed by atoms with Gasteiger partial charge in [0.2, 0.25) is 0 Å². The van der Waals surface area contributed by atoms with Crippen LogP contribution in [-0.2, 0) is 0 Å². The number of allylic oxidation sites excluding steroid dienone is 1. The van der Waals surface area contributed by atoms with Crippen molar-refractivity contribution in [3.63, 3.8) is 0 Å². The van der Waals surface area contributed by atoms with E-state index in [1.165, 1.54) is 12.3 Å². The molecule has 0 saturated heterocycles. The van der Waals surface area contributed by atoms with E-state index in [1.54, 1.807) is 7.05 Å².